The standard InChI is InChI=1S/C20H28FN5O4S2/c21-17-11-15(4-5-18(17)24-6-8-25(9-7-24)32(22,28)29)26-13-16(30-20(26)27)12-23-19(31)10-14-2-1-3-14/h4-5,11,14,16H,1-3,6-10,12-13H2,(H,23,31)(H2,22,28,29). The highest BCUT2D eigenvalue weighted by Gasteiger charge is 2.33. The van der Waals surface area contributed by atoms with Gasteiger partial charge in [-0.15, -0.1) is 0 Å². The van der Waals surface area contributed by atoms with Gasteiger partial charge in [-0.3, -0.25) is 4.90 Å². The van der Waals surface area contributed by atoms with E-state index < -0.39 is 22.1 Å². The number of benzene rings is 1. The summed E-state index contributed by atoms with van der Waals surface area (Å²) in [5, 5.41) is 8.34. The van der Waals surface area contributed by atoms with Crippen LogP contribution in [0.25, 0.3) is 0 Å². The number of nitrogens with two attached hydrogens (primary N) is 1. The summed E-state index contributed by atoms with van der Waals surface area (Å²) in [5.41, 5.74) is 0.772. The zero-order chi connectivity index (χ0) is 22.9. The van der Waals surface area contributed by atoms with Crippen molar-refractivity contribution in [3.63, 3.8) is 0 Å². The van der Waals surface area contributed by atoms with Crippen LogP contribution >= 0.6 is 12.2 Å². The van der Waals surface area contributed by atoms with Gasteiger partial charge in [0.1, 0.15) is 11.9 Å². The summed E-state index contributed by atoms with van der Waals surface area (Å²) >= 11 is 5.38. The zero-order valence-electron chi connectivity index (χ0n) is 17.7. The number of hydrogen-bond acceptors (Lipinski definition) is 6. The SMILES string of the molecule is NS(=O)(=O)N1CCN(c2ccc(N3CC(CNC(=S)CC4CCC4)OC3=O)cc2F)CC1. The molecule has 2 aliphatic heterocycles. The van der Waals surface area contributed by atoms with Crippen LogP contribution < -0.4 is 20.3 Å². The van der Waals surface area contributed by atoms with Crippen molar-refractivity contribution in [2.24, 2.45) is 11.1 Å². The third kappa shape index (κ3) is 5.30. The van der Waals surface area contributed by atoms with E-state index in [4.69, 9.17) is 22.1 Å². The molecule has 2 saturated heterocycles. The number of ether oxygens (including phenoxy) is 1. The topological polar surface area (TPSA) is 108 Å². The quantitative estimate of drug-likeness (QED) is 0.565. The van der Waals surface area contributed by atoms with E-state index in [0.29, 0.717) is 43.5 Å². The molecule has 1 saturated carbocycles. The molecule has 0 spiro atoms. The van der Waals surface area contributed by atoms with Crippen molar-refractivity contribution in [2.75, 3.05) is 49.1 Å². The fourth-order valence-electron chi connectivity index (χ4n) is 4.20. The Bertz CT molecular complexity index is 980. The first-order chi connectivity index (χ1) is 15.2. The molecule has 3 fully saturated rings. The lowest BCUT2D eigenvalue weighted by atomic mass is 9.83. The van der Waals surface area contributed by atoms with Crippen LogP contribution in [0, 0.1) is 11.7 Å². The summed E-state index contributed by atoms with van der Waals surface area (Å²) in [6.07, 6.45) is 3.70. The molecule has 0 radical (unpaired) electrons. The Morgan fingerprint density at radius 1 is 1.25 bits per heavy atom. The van der Waals surface area contributed by atoms with Crippen LogP contribution in [0.3, 0.4) is 0 Å². The number of carbonyl (C=O) groups is 1. The third-order valence-corrected chi connectivity index (χ3v) is 7.68. The van der Waals surface area contributed by atoms with Crippen molar-refractivity contribution >= 4 is 44.9 Å². The largest absolute Gasteiger partial charge is 0.442 e. The van der Waals surface area contributed by atoms with Gasteiger partial charge >= 0.3 is 6.09 Å². The van der Waals surface area contributed by atoms with Crippen LogP contribution in [0.5, 0.6) is 0 Å². The normalized spacial score (nSPS) is 22.6. The highest BCUT2D eigenvalue weighted by molar-refractivity contribution is 7.86. The molecule has 1 atom stereocenters. The molecule has 176 valence electrons. The van der Waals surface area contributed by atoms with Gasteiger partial charge in [-0.05, 0) is 24.1 Å². The molecule has 4 rings (SSSR count). The smallest absolute Gasteiger partial charge is 0.414 e. The molecule has 1 unspecified atom stereocenters. The number of amides is 1. The van der Waals surface area contributed by atoms with E-state index >= 15 is 0 Å². The molecule has 1 aromatic carbocycles. The number of halogens is 1. The highest BCUT2D eigenvalue weighted by Crippen LogP contribution is 2.30. The predicted octanol–water partition coefficient (Wildman–Crippen LogP) is 1.58. The number of anilines is 2. The van der Waals surface area contributed by atoms with Crippen LogP contribution in [-0.2, 0) is 14.9 Å². The molecule has 3 aliphatic rings. The molecule has 32 heavy (non-hydrogen) atoms. The lowest BCUT2D eigenvalue weighted by Gasteiger charge is -2.34. The van der Waals surface area contributed by atoms with Gasteiger partial charge < -0.3 is 15.0 Å². The Balaban J connectivity index is 1.32. The Kier molecular flexibility index (Phi) is 6.84. The molecule has 0 bridgehead atoms. The number of rotatable bonds is 7. The summed E-state index contributed by atoms with van der Waals surface area (Å²) < 4.78 is 44.3. The first kappa shape index (κ1) is 23.1. The molecule has 12 heteroatoms. The van der Waals surface area contributed by atoms with Gasteiger partial charge in [0, 0.05) is 32.6 Å². The van der Waals surface area contributed by atoms with Crippen LogP contribution in [0.15, 0.2) is 18.2 Å². The van der Waals surface area contributed by atoms with Crippen LogP contribution in [-0.4, -0.2) is 69.2 Å². The van der Waals surface area contributed by atoms with Gasteiger partial charge in [-0.2, -0.15) is 12.7 Å². The van der Waals surface area contributed by atoms with Crippen molar-refractivity contribution in [1.29, 1.82) is 0 Å². The van der Waals surface area contributed by atoms with E-state index in [0.717, 1.165) is 11.4 Å². The van der Waals surface area contributed by atoms with Crippen molar-refractivity contribution in [1.82, 2.24) is 9.62 Å². The average molecular weight is 486 g/mol. The number of thiocarbonyl (C=S) groups is 1. The first-order valence-electron chi connectivity index (χ1n) is 10.8. The second-order valence-electron chi connectivity index (χ2n) is 8.49. The maximum atomic E-state index is 14.9. The molecule has 1 amide bonds. The predicted molar refractivity (Wildman–Crippen MR) is 123 cm³/mol. The summed E-state index contributed by atoms with van der Waals surface area (Å²) in [7, 11) is -3.74. The van der Waals surface area contributed by atoms with Gasteiger partial charge in [0.05, 0.1) is 29.5 Å². The average Bonchev–Trinajstić information content (AvgIpc) is 3.09. The minimum atomic E-state index is -3.74. The van der Waals surface area contributed by atoms with Crippen LogP contribution in [0.2, 0.25) is 0 Å². The lowest BCUT2D eigenvalue weighted by molar-refractivity contribution is 0.142. The fraction of sp³-hybridized carbons (Fsp3) is 0.600. The van der Waals surface area contributed by atoms with Crippen molar-refractivity contribution in [2.45, 2.75) is 31.8 Å². The van der Waals surface area contributed by atoms with E-state index in [1.54, 1.807) is 17.0 Å². The Labute approximate surface area is 192 Å². The first-order valence-corrected chi connectivity index (χ1v) is 12.7. The highest BCUT2D eigenvalue weighted by atomic mass is 32.2. The van der Waals surface area contributed by atoms with Gasteiger partial charge in [-0.25, -0.2) is 14.3 Å². The maximum absolute atomic E-state index is 14.9. The van der Waals surface area contributed by atoms with E-state index in [1.165, 1.54) is 34.5 Å². The molecule has 1 aromatic rings. The minimum Gasteiger partial charge on any atom is -0.442 e. The van der Waals surface area contributed by atoms with Gasteiger partial charge in [0.2, 0.25) is 0 Å². The summed E-state index contributed by atoms with van der Waals surface area (Å²) in [6.45, 7) is 1.78. The molecule has 9 nitrogen and oxygen atoms in total. The van der Waals surface area contributed by atoms with Gasteiger partial charge in [-0.1, -0.05) is 31.5 Å². The van der Waals surface area contributed by atoms with E-state index in [-0.39, 0.29) is 19.2 Å². The molecule has 0 aromatic heterocycles. The lowest BCUT2D eigenvalue weighted by Crippen LogP contribution is -2.50. The van der Waals surface area contributed by atoms with Crippen molar-refractivity contribution < 1.29 is 22.3 Å². The molecule has 1 aliphatic carbocycles. The van der Waals surface area contributed by atoms with Gasteiger partial charge in [0.15, 0.2) is 0 Å². The number of hydrogen-bond donors (Lipinski definition) is 2. The second kappa shape index (κ2) is 9.46. The number of cyclic esters (lactones) is 1. The molecular weight excluding hydrogens is 457 g/mol. The molecular formula is C20H28FN5O4S2. The molecule has 2 heterocycles. The monoisotopic (exact) mass is 485 g/mol. The second-order valence-corrected chi connectivity index (χ2v) is 10.5. The van der Waals surface area contributed by atoms with Crippen LogP contribution in [0.4, 0.5) is 20.6 Å². The zero-order valence-corrected chi connectivity index (χ0v) is 19.3. The fourth-order valence-corrected chi connectivity index (χ4v) is 5.19. The summed E-state index contributed by atoms with van der Waals surface area (Å²) in [4.78, 5) is 16.3. The van der Waals surface area contributed by atoms with Crippen LogP contribution in [0.1, 0.15) is 25.7 Å². The maximum Gasteiger partial charge on any atom is 0.414 e. The van der Waals surface area contributed by atoms with Crippen molar-refractivity contribution in [3.05, 3.63) is 24.0 Å². The number of piperazine rings is 1. The number of nitrogens with zero attached hydrogens (tertiary/aromatic N) is 3. The van der Waals surface area contributed by atoms with Crippen molar-refractivity contribution in [3.8, 4) is 0 Å². The third-order valence-electron chi connectivity index (χ3n) is 6.28. The van der Waals surface area contributed by atoms with Gasteiger partial charge in [0.25, 0.3) is 10.2 Å². The number of nitrogens with one attached hydrogen (secondary N) is 1. The van der Waals surface area contributed by atoms with E-state index in [9.17, 15) is 17.6 Å². The summed E-state index contributed by atoms with van der Waals surface area (Å²) in [5.74, 6) is 0.185. The van der Waals surface area contributed by atoms with E-state index in [1.807, 2.05) is 0 Å². The number of carbonyl (C=O) groups excluding carboxylic acids is 1. The van der Waals surface area contributed by atoms with E-state index in [2.05, 4.69) is 5.32 Å². The Morgan fingerprint density at radius 2 is 1.97 bits per heavy atom. The minimum absolute atomic E-state index is 0.190. The Morgan fingerprint density at radius 3 is 2.56 bits per heavy atom. The summed E-state index contributed by atoms with van der Waals surface area (Å²) in [6, 6.07) is 4.58. The molecule has 3 N–H and O–H groups in total. The Hall–Kier alpha value is -2.02.